The van der Waals surface area contributed by atoms with E-state index in [1.54, 1.807) is 7.11 Å². The third-order valence-corrected chi connectivity index (χ3v) is 4.96. The third-order valence-electron chi connectivity index (χ3n) is 3.99. The molecule has 2 aromatic rings. The highest BCUT2D eigenvalue weighted by Gasteiger charge is 2.23. The number of H-pyrrole nitrogens is 1. The van der Waals surface area contributed by atoms with Crippen LogP contribution in [0.4, 0.5) is 0 Å². The molecule has 25 heavy (non-hydrogen) atoms. The zero-order valence-corrected chi connectivity index (χ0v) is 15.1. The fraction of sp³-hybridized carbons (Fsp3) is 0.471. The van der Waals surface area contributed by atoms with Crippen molar-refractivity contribution in [1.82, 2.24) is 20.5 Å². The molecule has 0 bridgehead atoms. The quantitative estimate of drug-likeness (QED) is 0.736. The summed E-state index contributed by atoms with van der Waals surface area (Å²) in [5.74, 6) is 1.49. The lowest BCUT2D eigenvalue weighted by atomic mass is 10.2. The molecule has 2 atom stereocenters. The highest BCUT2D eigenvalue weighted by atomic mass is 32.2. The summed E-state index contributed by atoms with van der Waals surface area (Å²) < 4.78 is 10.7. The van der Waals surface area contributed by atoms with Crippen molar-refractivity contribution >= 4 is 17.7 Å². The van der Waals surface area contributed by atoms with Gasteiger partial charge in [-0.15, -0.1) is 5.10 Å². The first kappa shape index (κ1) is 17.8. The number of nitrogens with zero attached hydrogens (tertiary/aromatic N) is 2. The van der Waals surface area contributed by atoms with Crippen LogP contribution < -0.4 is 10.1 Å². The van der Waals surface area contributed by atoms with Gasteiger partial charge in [-0.05, 0) is 37.5 Å². The molecule has 1 fully saturated rings. The van der Waals surface area contributed by atoms with Crippen LogP contribution in [0.15, 0.2) is 29.4 Å². The minimum absolute atomic E-state index is 0.000977. The Labute approximate surface area is 150 Å². The van der Waals surface area contributed by atoms with E-state index in [0.29, 0.717) is 11.7 Å². The monoisotopic (exact) mass is 362 g/mol. The predicted octanol–water partition coefficient (Wildman–Crippen LogP) is 2.46. The molecular weight excluding hydrogens is 340 g/mol. The third kappa shape index (κ3) is 4.73. The van der Waals surface area contributed by atoms with Crippen LogP contribution >= 0.6 is 11.8 Å². The van der Waals surface area contributed by atoms with Crippen molar-refractivity contribution in [2.75, 3.05) is 13.7 Å². The Morgan fingerprint density at radius 1 is 1.48 bits per heavy atom. The van der Waals surface area contributed by atoms with E-state index >= 15 is 0 Å². The van der Waals surface area contributed by atoms with E-state index in [1.807, 2.05) is 31.2 Å². The van der Waals surface area contributed by atoms with E-state index in [9.17, 15) is 4.79 Å². The Morgan fingerprint density at radius 3 is 2.96 bits per heavy atom. The Kier molecular flexibility index (Phi) is 5.93. The van der Waals surface area contributed by atoms with Crippen molar-refractivity contribution in [3.05, 3.63) is 35.7 Å². The van der Waals surface area contributed by atoms with Crippen LogP contribution in [0.1, 0.15) is 37.3 Å². The van der Waals surface area contributed by atoms with Crippen molar-refractivity contribution in [1.29, 1.82) is 0 Å². The molecule has 3 rings (SSSR count). The molecule has 2 N–H and O–H groups in total. The van der Waals surface area contributed by atoms with Crippen LogP contribution in [-0.2, 0) is 16.1 Å². The first-order valence-corrected chi connectivity index (χ1v) is 9.15. The van der Waals surface area contributed by atoms with Crippen LogP contribution in [0.25, 0.3) is 0 Å². The summed E-state index contributed by atoms with van der Waals surface area (Å²) >= 11 is 1.33. The maximum absolute atomic E-state index is 12.3. The molecule has 2 heterocycles. The van der Waals surface area contributed by atoms with Crippen LogP contribution in [0.2, 0.25) is 0 Å². The van der Waals surface area contributed by atoms with Gasteiger partial charge in [-0.25, -0.2) is 4.98 Å². The largest absolute Gasteiger partial charge is 0.497 e. The standard InChI is InChI=1S/C17H22N4O3S/c1-11(16(22)18-10-12-5-7-13(23-2)8-6-12)25-17-19-15(20-21-17)14-4-3-9-24-14/h5-8,11,14H,3-4,9-10H2,1-2H3,(H,18,22)(H,19,20,21). The summed E-state index contributed by atoms with van der Waals surface area (Å²) in [4.78, 5) is 16.7. The average Bonchev–Trinajstić information content (AvgIpc) is 3.31. The molecule has 1 saturated heterocycles. The maximum atomic E-state index is 12.3. The molecule has 0 spiro atoms. The highest BCUT2D eigenvalue weighted by Crippen LogP contribution is 2.28. The SMILES string of the molecule is COc1ccc(CNC(=O)C(C)Sc2n[nH]c(C3CCCO3)n2)cc1. The van der Waals surface area contributed by atoms with E-state index in [-0.39, 0.29) is 17.3 Å². The lowest BCUT2D eigenvalue weighted by molar-refractivity contribution is -0.120. The van der Waals surface area contributed by atoms with Gasteiger partial charge in [-0.1, -0.05) is 23.9 Å². The molecule has 1 aromatic heterocycles. The average molecular weight is 362 g/mol. The number of methoxy groups -OCH3 is 1. The molecule has 0 saturated carbocycles. The minimum atomic E-state index is -0.286. The second-order valence-electron chi connectivity index (χ2n) is 5.83. The number of rotatable bonds is 7. The van der Waals surface area contributed by atoms with Gasteiger partial charge in [0.25, 0.3) is 0 Å². The van der Waals surface area contributed by atoms with E-state index in [1.165, 1.54) is 11.8 Å². The first-order valence-electron chi connectivity index (χ1n) is 8.27. The predicted molar refractivity (Wildman–Crippen MR) is 94.5 cm³/mol. The second-order valence-corrected chi connectivity index (χ2v) is 7.14. The van der Waals surface area contributed by atoms with Gasteiger partial charge >= 0.3 is 0 Å². The van der Waals surface area contributed by atoms with Gasteiger partial charge in [0.2, 0.25) is 11.1 Å². The van der Waals surface area contributed by atoms with E-state index in [0.717, 1.165) is 36.6 Å². The van der Waals surface area contributed by atoms with E-state index in [4.69, 9.17) is 9.47 Å². The molecule has 7 nitrogen and oxygen atoms in total. The smallest absolute Gasteiger partial charge is 0.233 e. The first-order chi connectivity index (χ1) is 12.2. The van der Waals surface area contributed by atoms with E-state index in [2.05, 4.69) is 20.5 Å². The van der Waals surface area contributed by atoms with Gasteiger partial charge in [-0.2, -0.15) is 0 Å². The van der Waals surface area contributed by atoms with Crippen molar-refractivity contribution in [3.63, 3.8) is 0 Å². The summed E-state index contributed by atoms with van der Waals surface area (Å²) in [6.07, 6.45) is 2.00. The molecule has 2 unspecified atom stereocenters. The van der Waals surface area contributed by atoms with Crippen molar-refractivity contribution in [2.24, 2.45) is 0 Å². The number of hydrogen-bond donors (Lipinski definition) is 2. The number of benzene rings is 1. The number of aromatic amines is 1. The normalized spacial score (nSPS) is 18.1. The van der Waals surface area contributed by atoms with Crippen LogP contribution in [0.3, 0.4) is 0 Å². The Morgan fingerprint density at radius 2 is 2.28 bits per heavy atom. The molecule has 0 radical (unpaired) electrons. The molecule has 1 aliphatic heterocycles. The summed E-state index contributed by atoms with van der Waals surface area (Å²) in [7, 11) is 1.63. The van der Waals surface area contributed by atoms with Crippen molar-refractivity contribution in [2.45, 2.75) is 42.8 Å². The van der Waals surface area contributed by atoms with Gasteiger partial charge in [0.1, 0.15) is 11.9 Å². The molecule has 134 valence electrons. The lowest BCUT2D eigenvalue weighted by Crippen LogP contribution is -2.30. The van der Waals surface area contributed by atoms with Crippen LogP contribution in [0.5, 0.6) is 5.75 Å². The number of nitrogens with one attached hydrogen (secondary N) is 2. The Bertz CT molecular complexity index is 698. The van der Waals surface area contributed by atoms with Gasteiger partial charge in [0, 0.05) is 13.2 Å². The molecule has 0 aliphatic carbocycles. The lowest BCUT2D eigenvalue weighted by Gasteiger charge is -2.10. The summed E-state index contributed by atoms with van der Waals surface area (Å²) in [5, 5.41) is 10.3. The van der Waals surface area contributed by atoms with Gasteiger partial charge in [0.15, 0.2) is 5.82 Å². The second kappa shape index (κ2) is 8.35. The fourth-order valence-corrected chi connectivity index (χ4v) is 3.29. The molecular formula is C17H22N4O3S. The van der Waals surface area contributed by atoms with Crippen LogP contribution in [0, 0.1) is 0 Å². The summed E-state index contributed by atoms with van der Waals surface area (Å²) in [6, 6.07) is 7.61. The number of aromatic nitrogens is 3. The van der Waals surface area contributed by atoms with Gasteiger partial charge in [-0.3, -0.25) is 9.89 Å². The topological polar surface area (TPSA) is 89.1 Å². The summed E-state index contributed by atoms with van der Waals surface area (Å²) in [6.45, 7) is 3.08. The number of carbonyl (C=O) groups excluding carboxylic acids is 1. The maximum Gasteiger partial charge on any atom is 0.233 e. The highest BCUT2D eigenvalue weighted by molar-refractivity contribution is 8.00. The number of thioether (sulfide) groups is 1. The number of carbonyl (C=O) groups is 1. The Balaban J connectivity index is 1.48. The number of ether oxygens (including phenoxy) is 2. The van der Waals surface area contributed by atoms with Gasteiger partial charge < -0.3 is 14.8 Å². The van der Waals surface area contributed by atoms with Crippen molar-refractivity contribution in [3.8, 4) is 5.75 Å². The minimum Gasteiger partial charge on any atom is -0.497 e. The molecule has 1 aromatic carbocycles. The van der Waals surface area contributed by atoms with Gasteiger partial charge in [0.05, 0.1) is 12.4 Å². The zero-order chi connectivity index (χ0) is 17.6. The number of hydrogen-bond acceptors (Lipinski definition) is 6. The molecule has 8 heteroatoms. The van der Waals surface area contributed by atoms with E-state index < -0.39 is 0 Å². The summed E-state index contributed by atoms with van der Waals surface area (Å²) in [5.41, 5.74) is 1.02. The van der Waals surface area contributed by atoms with Crippen molar-refractivity contribution < 1.29 is 14.3 Å². The number of amides is 1. The Hall–Kier alpha value is -2.06. The van der Waals surface area contributed by atoms with Crippen LogP contribution in [-0.4, -0.2) is 40.1 Å². The molecule has 1 amide bonds. The fourth-order valence-electron chi connectivity index (χ4n) is 2.54. The zero-order valence-electron chi connectivity index (χ0n) is 14.3. The molecule has 1 aliphatic rings.